The molecule has 4 aromatic carbocycles. The highest BCUT2D eigenvalue weighted by Crippen LogP contribution is 2.31. The molecule has 0 fully saturated rings. The summed E-state index contributed by atoms with van der Waals surface area (Å²) in [6.45, 7) is 0. The predicted octanol–water partition coefficient (Wildman–Crippen LogP) is 5.82. The molecule has 2 N–H and O–H groups in total. The van der Waals surface area contributed by atoms with Gasteiger partial charge in [-0.15, -0.1) is 0 Å². The van der Waals surface area contributed by atoms with E-state index in [0.717, 1.165) is 27.6 Å². The number of primary amides is 1. The highest BCUT2D eigenvalue weighted by molar-refractivity contribution is 5.83. The molecule has 4 heteroatoms. The molecule has 0 saturated carbocycles. The van der Waals surface area contributed by atoms with Gasteiger partial charge in [0.2, 0.25) is 0 Å². The van der Waals surface area contributed by atoms with E-state index >= 15 is 0 Å². The molecule has 28 heavy (non-hydrogen) atoms. The van der Waals surface area contributed by atoms with E-state index in [0.29, 0.717) is 5.75 Å². The number of fused-ring (bicyclic) bond motifs is 1. The van der Waals surface area contributed by atoms with Gasteiger partial charge in [0.05, 0.1) is 0 Å². The monoisotopic (exact) mass is 369 g/mol. The predicted molar refractivity (Wildman–Crippen MR) is 109 cm³/mol. The number of ether oxygens (including phenoxy) is 2. The van der Waals surface area contributed by atoms with Crippen LogP contribution in [-0.4, -0.2) is 6.09 Å². The number of amides is 1. The maximum Gasteiger partial charge on any atom is 0.405 e. The molecule has 1 amide bonds. The van der Waals surface area contributed by atoms with Crippen molar-refractivity contribution in [3.63, 3.8) is 0 Å². The number of carbonyl (C=O) groups is 1. The highest BCUT2D eigenvalue weighted by Gasteiger charge is 2.18. The van der Waals surface area contributed by atoms with E-state index < -0.39 is 12.2 Å². The molecule has 0 bridgehead atoms. The molecule has 138 valence electrons. The van der Waals surface area contributed by atoms with Crippen molar-refractivity contribution in [3.05, 3.63) is 108 Å². The van der Waals surface area contributed by atoms with Crippen molar-refractivity contribution >= 4 is 16.9 Å². The lowest BCUT2D eigenvalue weighted by Crippen LogP contribution is -2.18. The van der Waals surface area contributed by atoms with E-state index in [2.05, 4.69) is 0 Å². The van der Waals surface area contributed by atoms with Gasteiger partial charge in [0.15, 0.2) is 6.10 Å². The van der Waals surface area contributed by atoms with Crippen LogP contribution in [0.25, 0.3) is 10.8 Å². The molecule has 0 heterocycles. The second kappa shape index (κ2) is 7.84. The standard InChI is InChI=1S/C24H19NO3/c25-24(26)28-23(20-11-10-17-6-4-5-7-19(17)16-20)18-12-14-22(15-13-18)27-21-8-2-1-3-9-21/h1-16,23H,(H2,25,26). The number of nitrogens with two attached hydrogens (primary N) is 1. The van der Waals surface area contributed by atoms with Crippen molar-refractivity contribution in [1.82, 2.24) is 0 Å². The Labute approximate surface area is 163 Å². The van der Waals surface area contributed by atoms with Crippen molar-refractivity contribution in [1.29, 1.82) is 0 Å². The number of hydrogen-bond donors (Lipinski definition) is 1. The summed E-state index contributed by atoms with van der Waals surface area (Å²) in [4.78, 5) is 11.5. The van der Waals surface area contributed by atoms with Gasteiger partial charge < -0.3 is 15.2 Å². The van der Waals surface area contributed by atoms with Crippen LogP contribution in [-0.2, 0) is 4.74 Å². The van der Waals surface area contributed by atoms with Gasteiger partial charge in [-0.05, 0) is 52.2 Å². The zero-order valence-corrected chi connectivity index (χ0v) is 15.1. The van der Waals surface area contributed by atoms with Gasteiger partial charge in [0, 0.05) is 0 Å². The SMILES string of the molecule is NC(=O)OC(c1ccc(Oc2ccccc2)cc1)c1ccc2ccccc2c1. The molecule has 0 aliphatic rings. The van der Waals surface area contributed by atoms with Crippen LogP contribution < -0.4 is 10.5 Å². The van der Waals surface area contributed by atoms with Gasteiger partial charge in [0.25, 0.3) is 0 Å². The Hall–Kier alpha value is -3.79. The van der Waals surface area contributed by atoms with Gasteiger partial charge in [0.1, 0.15) is 11.5 Å². The summed E-state index contributed by atoms with van der Waals surface area (Å²) >= 11 is 0. The molecule has 4 nitrogen and oxygen atoms in total. The average Bonchev–Trinajstić information content (AvgIpc) is 2.73. The van der Waals surface area contributed by atoms with Crippen molar-refractivity contribution in [2.75, 3.05) is 0 Å². The minimum absolute atomic E-state index is 0.590. The van der Waals surface area contributed by atoms with Crippen LogP contribution in [0.2, 0.25) is 0 Å². The van der Waals surface area contributed by atoms with Crippen LogP contribution in [0, 0.1) is 0 Å². The van der Waals surface area contributed by atoms with Crippen LogP contribution in [0.15, 0.2) is 97.1 Å². The second-order valence-corrected chi connectivity index (χ2v) is 6.41. The van der Waals surface area contributed by atoms with Crippen LogP contribution >= 0.6 is 0 Å². The Bertz CT molecular complexity index is 1090. The van der Waals surface area contributed by atoms with Crippen molar-refractivity contribution < 1.29 is 14.3 Å². The maximum absolute atomic E-state index is 11.5. The molecule has 4 rings (SSSR count). The first-order valence-electron chi connectivity index (χ1n) is 8.97. The minimum atomic E-state index is -0.817. The van der Waals surface area contributed by atoms with Crippen molar-refractivity contribution in [2.45, 2.75) is 6.10 Å². The number of para-hydroxylation sites is 1. The fourth-order valence-electron chi connectivity index (χ4n) is 3.15. The lowest BCUT2D eigenvalue weighted by Gasteiger charge is -2.18. The lowest BCUT2D eigenvalue weighted by atomic mass is 9.98. The first-order chi connectivity index (χ1) is 13.7. The third-order valence-corrected chi connectivity index (χ3v) is 4.47. The van der Waals surface area contributed by atoms with Crippen LogP contribution in [0.1, 0.15) is 17.2 Å². The first kappa shape index (κ1) is 17.6. The summed E-state index contributed by atoms with van der Waals surface area (Å²) in [5, 5.41) is 2.19. The van der Waals surface area contributed by atoms with E-state index in [-0.39, 0.29) is 0 Å². The maximum atomic E-state index is 11.5. The van der Waals surface area contributed by atoms with Gasteiger partial charge in [-0.1, -0.05) is 66.7 Å². The van der Waals surface area contributed by atoms with Gasteiger partial charge >= 0.3 is 6.09 Å². The largest absolute Gasteiger partial charge is 0.457 e. The van der Waals surface area contributed by atoms with E-state index in [1.54, 1.807) is 0 Å². The fourth-order valence-corrected chi connectivity index (χ4v) is 3.15. The van der Waals surface area contributed by atoms with E-state index in [1.807, 2.05) is 97.1 Å². The molecule has 0 aliphatic carbocycles. The van der Waals surface area contributed by atoms with Gasteiger partial charge in [-0.3, -0.25) is 0 Å². The Morgan fingerprint density at radius 2 is 1.29 bits per heavy atom. The molecule has 0 aromatic heterocycles. The van der Waals surface area contributed by atoms with E-state index in [1.165, 1.54) is 0 Å². The topological polar surface area (TPSA) is 61.6 Å². The summed E-state index contributed by atoms with van der Waals surface area (Å²) < 4.78 is 11.3. The minimum Gasteiger partial charge on any atom is -0.457 e. The van der Waals surface area contributed by atoms with Crippen LogP contribution in [0.4, 0.5) is 4.79 Å². The second-order valence-electron chi connectivity index (χ2n) is 6.41. The van der Waals surface area contributed by atoms with Crippen molar-refractivity contribution in [3.8, 4) is 11.5 Å². The average molecular weight is 369 g/mol. The summed E-state index contributed by atoms with van der Waals surface area (Å²) in [6, 6.07) is 31.0. The third-order valence-electron chi connectivity index (χ3n) is 4.47. The molecule has 0 spiro atoms. The Kier molecular flexibility index (Phi) is 4.93. The Morgan fingerprint density at radius 1 is 0.679 bits per heavy atom. The lowest BCUT2D eigenvalue weighted by molar-refractivity contribution is 0.126. The molecule has 1 unspecified atom stereocenters. The molecular weight excluding hydrogens is 350 g/mol. The van der Waals surface area contributed by atoms with Gasteiger partial charge in [-0.2, -0.15) is 0 Å². The summed E-state index contributed by atoms with van der Waals surface area (Å²) in [5.41, 5.74) is 7.00. The molecule has 1 atom stereocenters. The normalized spacial score (nSPS) is 11.7. The van der Waals surface area contributed by atoms with Gasteiger partial charge in [-0.25, -0.2) is 4.79 Å². The quantitative estimate of drug-likeness (QED) is 0.482. The zero-order valence-electron chi connectivity index (χ0n) is 15.1. The number of hydrogen-bond acceptors (Lipinski definition) is 3. The number of benzene rings is 4. The third kappa shape index (κ3) is 3.96. The van der Waals surface area contributed by atoms with Crippen LogP contribution in [0.5, 0.6) is 11.5 Å². The smallest absolute Gasteiger partial charge is 0.405 e. The fraction of sp³-hybridized carbons (Fsp3) is 0.0417. The zero-order chi connectivity index (χ0) is 19.3. The summed E-state index contributed by atoms with van der Waals surface area (Å²) in [6.07, 6.45) is -1.41. The molecule has 0 saturated heterocycles. The first-order valence-corrected chi connectivity index (χ1v) is 8.97. The molecule has 0 aliphatic heterocycles. The summed E-state index contributed by atoms with van der Waals surface area (Å²) in [5.74, 6) is 1.46. The van der Waals surface area contributed by atoms with E-state index in [9.17, 15) is 4.79 Å². The van der Waals surface area contributed by atoms with Crippen LogP contribution in [0.3, 0.4) is 0 Å². The number of rotatable bonds is 5. The van der Waals surface area contributed by atoms with Crippen molar-refractivity contribution in [2.24, 2.45) is 5.73 Å². The molecular formula is C24H19NO3. The Balaban J connectivity index is 1.64. The van der Waals surface area contributed by atoms with E-state index in [4.69, 9.17) is 15.2 Å². The highest BCUT2D eigenvalue weighted by atomic mass is 16.6. The summed E-state index contributed by atoms with van der Waals surface area (Å²) in [7, 11) is 0. The molecule has 0 radical (unpaired) electrons. The Morgan fingerprint density at radius 3 is 2.00 bits per heavy atom. The molecule has 4 aromatic rings. The number of carbonyl (C=O) groups excluding carboxylic acids is 1.